The van der Waals surface area contributed by atoms with Gasteiger partial charge in [0.1, 0.15) is 12.7 Å². The van der Waals surface area contributed by atoms with Crippen LogP contribution in [0, 0.1) is 0 Å². The molecule has 2 atom stereocenters. The summed E-state index contributed by atoms with van der Waals surface area (Å²) in [6, 6.07) is 6.01. The molecule has 1 heterocycles. The van der Waals surface area contributed by atoms with E-state index in [-0.39, 0.29) is 6.61 Å². The molecule has 1 aromatic carbocycles. The molecule has 1 saturated heterocycles. The second kappa shape index (κ2) is 8.25. The van der Waals surface area contributed by atoms with E-state index in [1.54, 1.807) is 14.2 Å². The van der Waals surface area contributed by atoms with Gasteiger partial charge in [-0.25, -0.2) is 0 Å². The normalized spacial score (nSPS) is 20.5. The number of para-hydroxylation sites is 1. The van der Waals surface area contributed by atoms with Crippen LogP contribution >= 0.6 is 0 Å². The van der Waals surface area contributed by atoms with Gasteiger partial charge >= 0.3 is 0 Å². The fraction of sp³-hybridized carbons (Fsp3) is 0.647. The Morgan fingerprint density at radius 3 is 2.50 bits per heavy atom. The molecule has 1 fully saturated rings. The lowest BCUT2D eigenvalue weighted by Gasteiger charge is -2.34. The minimum atomic E-state index is -0.532. The van der Waals surface area contributed by atoms with E-state index in [1.807, 2.05) is 18.2 Å². The van der Waals surface area contributed by atoms with Crippen LogP contribution in [0.3, 0.4) is 0 Å². The maximum absolute atomic E-state index is 10.3. The van der Waals surface area contributed by atoms with Crippen LogP contribution in [-0.4, -0.2) is 56.1 Å². The molecule has 1 aromatic rings. The molecule has 22 heavy (non-hydrogen) atoms. The molecule has 5 nitrogen and oxygen atoms in total. The Labute approximate surface area is 132 Å². The summed E-state index contributed by atoms with van der Waals surface area (Å²) in [5.41, 5.74) is 0. The molecule has 0 bridgehead atoms. The van der Waals surface area contributed by atoms with Crippen molar-refractivity contribution in [2.75, 3.05) is 33.9 Å². The Bertz CT molecular complexity index is 444. The van der Waals surface area contributed by atoms with Crippen LogP contribution in [0.15, 0.2) is 18.2 Å². The molecule has 2 rings (SSSR count). The predicted octanol–water partition coefficient (Wildman–Crippen LogP) is 2.32. The van der Waals surface area contributed by atoms with Crippen LogP contribution in [0.1, 0.15) is 26.2 Å². The van der Waals surface area contributed by atoms with Crippen LogP contribution in [-0.2, 0) is 0 Å². The van der Waals surface area contributed by atoms with Gasteiger partial charge in [-0.15, -0.1) is 0 Å². The number of hydrogen-bond acceptors (Lipinski definition) is 5. The molecule has 0 aliphatic carbocycles. The molecule has 1 aliphatic heterocycles. The highest BCUT2D eigenvalue weighted by Gasteiger charge is 2.21. The Morgan fingerprint density at radius 2 is 1.91 bits per heavy atom. The molecule has 1 aliphatic rings. The summed E-state index contributed by atoms with van der Waals surface area (Å²) in [6.07, 6.45) is 3.16. The fourth-order valence-electron chi connectivity index (χ4n) is 2.89. The maximum Gasteiger partial charge on any atom is 0.203 e. The highest BCUT2D eigenvalue weighted by atomic mass is 16.5. The average Bonchev–Trinajstić information content (AvgIpc) is 2.54. The molecule has 0 spiro atoms. The van der Waals surface area contributed by atoms with Crippen LogP contribution in [0.25, 0.3) is 0 Å². The van der Waals surface area contributed by atoms with E-state index in [4.69, 9.17) is 14.2 Å². The summed E-state index contributed by atoms with van der Waals surface area (Å²) in [5, 5.41) is 10.3. The standard InChI is InChI=1S/C17H27NO4/c1-13-7-4-5-10-18(13)11-14(19)12-22-17-15(20-2)8-6-9-16(17)21-3/h6,8-9,13-14,19H,4-5,7,10-12H2,1-3H3. The Balaban J connectivity index is 1.92. The molecule has 124 valence electrons. The zero-order valence-electron chi connectivity index (χ0n) is 13.7. The Kier molecular flexibility index (Phi) is 6.34. The molecule has 0 saturated carbocycles. The van der Waals surface area contributed by atoms with Gasteiger partial charge in [-0.2, -0.15) is 0 Å². The number of ether oxygens (including phenoxy) is 3. The van der Waals surface area contributed by atoms with Gasteiger partial charge in [-0.3, -0.25) is 4.90 Å². The lowest BCUT2D eigenvalue weighted by molar-refractivity contribution is 0.0424. The Hall–Kier alpha value is -1.46. The number of hydrogen-bond donors (Lipinski definition) is 1. The zero-order chi connectivity index (χ0) is 15.9. The average molecular weight is 309 g/mol. The first-order chi connectivity index (χ1) is 10.7. The number of benzene rings is 1. The topological polar surface area (TPSA) is 51.2 Å². The van der Waals surface area contributed by atoms with Crippen molar-refractivity contribution in [3.05, 3.63) is 18.2 Å². The van der Waals surface area contributed by atoms with E-state index < -0.39 is 6.10 Å². The predicted molar refractivity (Wildman–Crippen MR) is 85.9 cm³/mol. The molecule has 2 unspecified atom stereocenters. The quantitative estimate of drug-likeness (QED) is 0.837. The summed E-state index contributed by atoms with van der Waals surface area (Å²) in [7, 11) is 3.18. The number of methoxy groups -OCH3 is 2. The highest BCUT2D eigenvalue weighted by molar-refractivity contribution is 5.51. The van der Waals surface area contributed by atoms with Crippen molar-refractivity contribution in [1.82, 2.24) is 4.90 Å². The third kappa shape index (κ3) is 4.27. The third-order valence-electron chi connectivity index (χ3n) is 4.19. The second-order valence-corrected chi connectivity index (χ2v) is 5.80. The summed E-state index contributed by atoms with van der Waals surface area (Å²) in [5.74, 6) is 1.76. The van der Waals surface area contributed by atoms with Crippen molar-refractivity contribution < 1.29 is 19.3 Å². The minimum absolute atomic E-state index is 0.222. The largest absolute Gasteiger partial charge is 0.493 e. The molecule has 5 heteroatoms. The van der Waals surface area contributed by atoms with Crippen LogP contribution in [0.5, 0.6) is 17.2 Å². The number of piperidine rings is 1. The summed E-state index contributed by atoms with van der Waals surface area (Å²) in [4.78, 5) is 2.33. The van der Waals surface area contributed by atoms with Gasteiger partial charge in [-0.05, 0) is 38.4 Å². The van der Waals surface area contributed by atoms with E-state index in [1.165, 1.54) is 19.3 Å². The van der Waals surface area contributed by atoms with Crippen molar-refractivity contribution in [2.24, 2.45) is 0 Å². The van der Waals surface area contributed by atoms with Crippen molar-refractivity contribution in [1.29, 1.82) is 0 Å². The second-order valence-electron chi connectivity index (χ2n) is 5.80. The van der Waals surface area contributed by atoms with Crippen LogP contribution < -0.4 is 14.2 Å². The van der Waals surface area contributed by atoms with Crippen LogP contribution in [0.4, 0.5) is 0 Å². The lowest BCUT2D eigenvalue weighted by Crippen LogP contribution is -2.43. The van der Waals surface area contributed by atoms with E-state index in [2.05, 4.69) is 11.8 Å². The van der Waals surface area contributed by atoms with Crippen molar-refractivity contribution in [3.63, 3.8) is 0 Å². The number of nitrogens with zero attached hydrogens (tertiary/aromatic N) is 1. The third-order valence-corrected chi connectivity index (χ3v) is 4.19. The smallest absolute Gasteiger partial charge is 0.203 e. The summed E-state index contributed by atoms with van der Waals surface area (Å²) < 4.78 is 16.3. The Morgan fingerprint density at radius 1 is 1.23 bits per heavy atom. The van der Waals surface area contributed by atoms with E-state index in [0.29, 0.717) is 29.8 Å². The van der Waals surface area contributed by atoms with E-state index >= 15 is 0 Å². The number of aliphatic hydroxyl groups excluding tert-OH is 1. The van der Waals surface area contributed by atoms with Gasteiger partial charge in [0, 0.05) is 12.6 Å². The highest BCUT2D eigenvalue weighted by Crippen LogP contribution is 2.36. The van der Waals surface area contributed by atoms with Gasteiger partial charge < -0.3 is 19.3 Å². The number of β-amino-alcohol motifs (C(OH)–C–C–N with tert-alkyl or cyclic N) is 1. The first kappa shape index (κ1) is 16.9. The van der Waals surface area contributed by atoms with Crippen molar-refractivity contribution in [3.8, 4) is 17.2 Å². The van der Waals surface area contributed by atoms with Gasteiger partial charge in [0.15, 0.2) is 11.5 Å². The molecule has 0 amide bonds. The summed E-state index contributed by atoms with van der Waals surface area (Å²) in [6.45, 7) is 4.13. The van der Waals surface area contributed by atoms with E-state index in [9.17, 15) is 5.11 Å². The maximum atomic E-state index is 10.3. The first-order valence-corrected chi connectivity index (χ1v) is 7.91. The van der Waals surface area contributed by atoms with E-state index in [0.717, 1.165) is 6.54 Å². The van der Waals surface area contributed by atoms with Crippen molar-refractivity contribution >= 4 is 0 Å². The first-order valence-electron chi connectivity index (χ1n) is 7.91. The SMILES string of the molecule is COc1cccc(OC)c1OCC(O)CN1CCCCC1C. The van der Waals surface area contributed by atoms with Crippen LogP contribution in [0.2, 0.25) is 0 Å². The molecule has 0 aromatic heterocycles. The van der Waals surface area contributed by atoms with Gasteiger partial charge in [0.05, 0.1) is 14.2 Å². The lowest BCUT2D eigenvalue weighted by atomic mass is 10.0. The van der Waals surface area contributed by atoms with Gasteiger partial charge in [0.2, 0.25) is 5.75 Å². The van der Waals surface area contributed by atoms with Gasteiger partial charge in [0.25, 0.3) is 0 Å². The minimum Gasteiger partial charge on any atom is -0.493 e. The number of likely N-dealkylation sites (tertiary alicyclic amines) is 1. The van der Waals surface area contributed by atoms with Crippen molar-refractivity contribution in [2.45, 2.75) is 38.3 Å². The number of aliphatic hydroxyl groups is 1. The molecular formula is C17H27NO4. The fourth-order valence-corrected chi connectivity index (χ4v) is 2.89. The zero-order valence-corrected chi connectivity index (χ0v) is 13.7. The monoisotopic (exact) mass is 309 g/mol. The molecule has 1 N–H and O–H groups in total. The molecular weight excluding hydrogens is 282 g/mol. The number of rotatable bonds is 7. The summed E-state index contributed by atoms with van der Waals surface area (Å²) >= 11 is 0. The van der Waals surface area contributed by atoms with Gasteiger partial charge in [-0.1, -0.05) is 12.5 Å². The molecule has 0 radical (unpaired) electrons.